The van der Waals surface area contributed by atoms with Gasteiger partial charge >= 0.3 is 0 Å². The van der Waals surface area contributed by atoms with E-state index in [0.29, 0.717) is 25.3 Å². The molecule has 8 heteroatoms. The first-order chi connectivity index (χ1) is 20.3. The van der Waals surface area contributed by atoms with Crippen LogP contribution in [0.25, 0.3) is 10.5 Å². The minimum absolute atomic E-state index is 0.144. The predicted octanol–water partition coefficient (Wildman–Crippen LogP) is 7.97. The number of hydrogen-bond donors (Lipinski definition) is 0. The molecule has 0 aliphatic carbocycles. The van der Waals surface area contributed by atoms with E-state index in [0.717, 1.165) is 49.7 Å². The number of nitrogens with zero attached hydrogens (tertiary/aromatic N) is 3. The van der Waals surface area contributed by atoms with Crippen molar-refractivity contribution < 1.29 is 13.2 Å². The summed E-state index contributed by atoms with van der Waals surface area (Å²) in [4.78, 5) is 18.1. The fourth-order valence-corrected chi connectivity index (χ4v) is 7.43. The van der Waals surface area contributed by atoms with E-state index in [1.165, 1.54) is 62.0 Å². The van der Waals surface area contributed by atoms with Crippen LogP contribution in [0.4, 0.5) is 0 Å². The van der Waals surface area contributed by atoms with Crippen LogP contribution in [0.1, 0.15) is 128 Å². The Balaban J connectivity index is 1.81. The van der Waals surface area contributed by atoms with Gasteiger partial charge in [0.25, 0.3) is 5.56 Å². The summed E-state index contributed by atoms with van der Waals surface area (Å²) in [7, 11) is -3.92. The first-order valence-corrected chi connectivity index (χ1v) is 17.8. The highest BCUT2D eigenvalue weighted by molar-refractivity contribution is 7.98. The van der Waals surface area contributed by atoms with Crippen LogP contribution in [0.2, 0.25) is 0 Å². The molecule has 0 spiro atoms. The van der Waals surface area contributed by atoms with E-state index < -0.39 is 10.0 Å². The molecule has 1 aromatic heterocycles. The van der Waals surface area contributed by atoms with Gasteiger partial charge in [-0.2, -0.15) is 9.29 Å². The zero-order valence-electron chi connectivity index (χ0n) is 26.5. The maximum atomic E-state index is 14.4. The summed E-state index contributed by atoms with van der Waals surface area (Å²) >= 11 is 0. The molecule has 0 N–H and O–H groups in total. The predicted molar refractivity (Wildman–Crippen MR) is 174 cm³/mol. The second-order valence-electron chi connectivity index (χ2n) is 11.6. The Hall–Kier alpha value is -2.45. The van der Waals surface area contributed by atoms with E-state index in [4.69, 9.17) is 4.74 Å². The Morgan fingerprint density at radius 3 is 2.00 bits per heavy atom. The third-order valence-corrected chi connectivity index (χ3v) is 10.1. The van der Waals surface area contributed by atoms with Gasteiger partial charge in [-0.25, -0.2) is 8.42 Å². The number of allylic oxidation sites excluding steroid dienone is 1. The van der Waals surface area contributed by atoms with E-state index in [-0.39, 0.29) is 28.7 Å². The van der Waals surface area contributed by atoms with E-state index in [1.807, 2.05) is 31.2 Å². The Morgan fingerprint density at radius 2 is 1.40 bits per heavy atom. The van der Waals surface area contributed by atoms with Crippen molar-refractivity contribution in [3.63, 3.8) is 0 Å². The lowest BCUT2D eigenvalue weighted by molar-refractivity contribution is 0.291. The normalized spacial score (nSPS) is 13.3. The van der Waals surface area contributed by atoms with Gasteiger partial charge in [-0.3, -0.25) is 9.36 Å². The van der Waals surface area contributed by atoms with Crippen LogP contribution in [0.15, 0.2) is 35.1 Å². The molecule has 0 bridgehead atoms. The SMILES string of the molecule is CCCCCCCCCCCCOc1cc(=O)n2c(n1)C(S(=O)(=O)N(CCCC)CCCC)=C(c1ccccc1C)C2. The highest BCUT2D eigenvalue weighted by atomic mass is 32.2. The maximum Gasteiger partial charge on any atom is 0.257 e. The van der Waals surface area contributed by atoms with Gasteiger partial charge in [0.2, 0.25) is 15.9 Å². The number of aromatic nitrogens is 2. The molecule has 0 saturated carbocycles. The summed E-state index contributed by atoms with van der Waals surface area (Å²) in [5.74, 6) is 0.395. The Morgan fingerprint density at radius 1 is 0.833 bits per heavy atom. The van der Waals surface area contributed by atoms with Crippen molar-refractivity contribution in [3.8, 4) is 5.88 Å². The smallest absolute Gasteiger partial charge is 0.257 e. The largest absolute Gasteiger partial charge is 0.477 e. The molecule has 0 amide bonds. The zero-order chi connectivity index (χ0) is 30.4. The van der Waals surface area contributed by atoms with Crippen LogP contribution in [0.5, 0.6) is 5.88 Å². The fourth-order valence-electron chi connectivity index (χ4n) is 5.56. The lowest BCUT2D eigenvalue weighted by Gasteiger charge is -2.23. The Bertz CT molecular complexity index is 1310. The van der Waals surface area contributed by atoms with Crippen molar-refractivity contribution >= 4 is 20.5 Å². The monoisotopic (exact) mass is 599 g/mol. The number of unbranched alkanes of at least 4 members (excludes halogenated alkanes) is 11. The number of hydrogen-bond acceptors (Lipinski definition) is 5. The summed E-state index contributed by atoms with van der Waals surface area (Å²) < 4.78 is 37.7. The molecular weight excluding hydrogens is 546 g/mol. The summed E-state index contributed by atoms with van der Waals surface area (Å²) in [6, 6.07) is 9.15. The summed E-state index contributed by atoms with van der Waals surface area (Å²) in [6.45, 7) is 9.87. The summed E-state index contributed by atoms with van der Waals surface area (Å²) in [6.07, 6.45) is 15.6. The number of benzene rings is 1. The number of rotatable bonds is 21. The molecule has 2 heterocycles. The highest BCUT2D eigenvalue weighted by Gasteiger charge is 2.38. The van der Waals surface area contributed by atoms with Crippen LogP contribution in [0.3, 0.4) is 0 Å². The first-order valence-electron chi connectivity index (χ1n) is 16.4. The van der Waals surface area contributed by atoms with Crippen LogP contribution in [-0.2, 0) is 16.6 Å². The summed E-state index contributed by atoms with van der Waals surface area (Å²) in [5.41, 5.74) is 2.14. The van der Waals surface area contributed by atoms with E-state index >= 15 is 0 Å². The maximum absolute atomic E-state index is 14.4. The van der Waals surface area contributed by atoms with Gasteiger partial charge in [-0.15, -0.1) is 0 Å². The molecule has 1 aliphatic heterocycles. The van der Waals surface area contributed by atoms with Crippen molar-refractivity contribution in [3.05, 3.63) is 57.6 Å². The van der Waals surface area contributed by atoms with Gasteiger partial charge in [0.05, 0.1) is 19.2 Å². The molecule has 1 aliphatic rings. The highest BCUT2D eigenvalue weighted by Crippen LogP contribution is 2.39. The summed E-state index contributed by atoms with van der Waals surface area (Å²) in [5, 5.41) is 0. The van der Waals surface area contributed by atoms with Gasteiger partial charge in [-0.05, 0) is 37.3 Å². The number of ether oxygens (including phenoxy) is 1. The molecule has 234 valence electrons. The second-order valence-corrected chi connectivity index (χ2v) is 13.5. The lowest BCUT2D eigenvalue weighted by Crippen LogP contribution is -2.34. The molecular formula is C34H53N3O4S. The van der Waals surface area contributed by atoms with E-state index in [1.54, 1.807) is 4.31 Å². The first kappa shape index (κ1) is 34.0. The number of fused-ring (bicyclic) bond motifs is 1. The molecule has 1 aromatic carbocycles. The molecule has 0 saturated heterocycles. The molecule has 0 unspecified atom stereocenters. The third kappa shape index (κ3) is 9.27. The molecule has 0 atom stereocenters. The van der Waals surface area contributed by atoms with Crippen LogP contribution in [-0.4, -0.2) is 42.0 Å². The van der Waals surface area contributed by atoms with Gasteiger partial charge in [0, 0.05) is 18.7 Å². The molecule has 42 heavy (non-hydrogen) atoms. The van der Waals surface area contributed by atoms with Gasteiger partial charge in [0.15, 0.2) is 5.82 Å². The van der Waals surface area contributed by atoms with Crippen molar-refractivity contribution in [1.29, 1.82) is 0 Å². The number of aryl methyl sites for hydroxylation is 1. The topological polar surface area (TPSA) is 81.5 Å². The van der Waals surface area contributed by atoms with E-state index in [9.17, 15) is 13.2 Å². The molecule has 2 aromatic rings. The van der Waals surface area contributed by atoms with Crippen LogP contribution in [0, 0.1) is 6.92 Å². The minimum atomic E-state index is -3.92. The Kier molecular flexibility index (Phi) is 14.3. The van der Waals surface area contributed by atoms with Gasteiger partial charge in [-0.1, -0.05) is 116 Å². The standard InChI is InChI=1S/C34H53N3O4S/c1-5-8-11-12-13-14-15-16-17-20-25-41-31-26-32(38)37-27-30(29-22-19-18-21-28(29)4)33(34(37)35-31)42(39,40)36(23-9-6-2)24-10-7-3/h18-19,21-22,26H,5-17,20,23-25,27H2,1-4H3. The lowest BCUT2D eigenvalue weighted by atomic mass is 10.0. The molecule has 0 fully saturated rings. The van der Waals surface area contributed by atoms with Crippen molar-refractivity contribution in [1.82, 2.24) is 13.9 Å². The second kappa shape index (κ2) is 17.6. The van der Waals surface area contributed by atoms with Crippen molar-refractivity contribution in [2.45, 2.75) is 124 Å². The molecule has 7 nitrogen and oxygen atoms in total. The van der Waals surface area contributed by atoms with Gasteiger partial charge in [0.1, 0.15) is 4.91 Å². The molecule has 3 rings (SSSR count). The Labute approximate surface area is 254 Å². The van der Waals surface area contributed by atoms with Crippen LogP contribution < -0.4 is 10.3 Å². The fraction of sp³-hybridized carbons (Fsp3) is 0.647. The van der Waals surface area contributed by atoms with Crippen molar-refractivity contribution in [2.75, 3.05) is 19.7 Å². The van der Waals surface area contributed by atoms with E-state index in [2.05, 4.69) is 25.8 Å². The third-order valence-electron chi connectivity index (χ3n) is 8.12. The average Bonchev–Trinajstić information content (AvgIpc) is 3.37. The van der Waals surface area contributed by atoms with Crippen LogP contribution >= 0.6 is 0 Å². The average molecular weight is 600 g/mol. The number of sulfonamides is 1. The molecule has 0 radical (unpaired) electrons. The van der Waals surface area contributed by atoms with Crippen molar-refractivity contribution in [2.24, 2.45) is 0 Å². The quantitative estimate of drug-likeness (QED) is 0.136. The zero-order valence-corrected chi connectivity index (χ0v) is 27.3. The van der Waals surface area contributed by atoms with Gasteiger partial charge < -0.3 is 4.74 Å². The minimum Gasteiger partial charge on any atom is -0.477 e.